The molecule has 1 aliphatic carbocycles. The van der Waals surface area contributed by atoms with Gasteiger partial charge >= 0.3 is 0 Å². The van der Waals surface area contributed by atoms with E-state index in [0.29, 0.717) is 4.83 Å². The molecule has 0 heterocycles. The summed E-state index contributed by atoms with van der Waals surface area (Å²) < 4.78 is 0. The van der Waals surface area contributed by atoms with Gasteiger partial charge in [0.15, 0.2) is 0 Å². The summed E-state index contributed by atoms with van der Waals surface area (Å²) in [6, 6.07) is 6.79. The van der Waals surface area contributed by atoms with Crippen molar-refractivity contribution in [2.24, 2.45) is 0 Å². The zero-order valence-electron chi connectivity index (χ0n) is 7.47. The molecule has 0 bridgehead atoms. The van der Waals surface area contributed by atoms with Crippen molar-refractivity contribution in [3.05, 3.63) is 34.9 Å². The third-order valence-corrected chi connectivity index (χ3v) is 3.54. The Hall–Kier alpha value is -0.300. The molecule has 0 radical (unpaired) electrons. The number of hydrogen-bond acceptors (Lipinski definition) is 0. The quantitative estimate of drug-likeness (QED) is 0.586. The number of aryl methyl sites for hydroxylation is 1. The van der Waals surface area contributed by atoms with Gasteiger partial charge in [0.2, 0.25) is 0 Å². The molecule has 64 valence electrons. The number of alkyl halides is 1. The highest BCUT2D eigenvalue weighted by molar-refractivity contribution is 9.09. The highest BCUT2D eigenvalue weighted by Crippen LogP contribution is 2.44. The minimum atomic E-state index is 0.586. The van der Waals surface area contributed by atoms with Gasteiger partial charge in [-0.25, -0.2) is 0 Å². The van der Waals surface area contributed by atoms with Crippen LogP contribution in [-0.2, 0) is 0 Å². The van der Waals surface area contributed by atoms with Crippen LogP contribution in [0.4, 0.5) is 0 Å². The van der Waals surface area contributed by atoms with Gasteiger partial charge in [0.1, 0.15) is 0 Å². The molecule has 2 rings (SSSR count). The van der Waals surface area contributed by atoms with Crippen LogP contribution in [0.1, 0.15) is 40.8 Å². The Morgan fingerprint density at radius 1 is 1.33 bits per heavy atom. The lowest BCUT2D eigenvalue weighted by molar-refractivity contribution is 0.743. The molecule has 0 N–H and O–H groups in total. The molecule has 2 atom stereocenters. The zero-order valence-corrected chi connectivity index (χ0v) is 9.06. The first-order valence-corrected chi connectivity index (χ1v) is 5.34. The standard InChI is InChI=1S/C11H13Br/c1-7-3-4-9-8(2)6-11(12)10(9)5-7/h3-5,8,11H,6H2,1-2H3. The second-order valence-corrected chi connectivity index (χ2v) is 4.84. The summed E-state index contributed by atoms with van der Waals surface area (Å²) >= 11 is 3.71. The van der Waals surface area contributed by atoms with E-state index in [4.69, 9.17) is 0 Å². The Kier molecular flexibility index (Phi) is 1.99. The van der Waals surface area contributed by atoms with Gasteiger partial charge in [-0.1, -0.05) is 46.6 Å². The zero-order chi connectivity index (χ0) is 8.72. The molecule has 0 saturated heterocycles. The second kappa shape index (κ2) is 2.88. The van der Waals surface area contributed by atoms with Crippen LogP contribution in [0.25, 0.3) is 0 Å². The van der Waals surface area contributed by atoms with E-state index in [9.17, 15) is 0 Å². The Bertz CT molecular complexity index is 304. The van der Waals surface area contributed by atoms with Crippen molar-refractivity contribution in [1.82, 2.24) is 0 Å². The highest BCUT2D eigenvalue weighted by atomic mass is 79.9. The minimum absolute atomic E-state index is 0.586. The lowest BCUT2D eigenvalue weighted by atomic mass is 10.0. The Balaban J connectivity index is 2.53. The molecule has 0 saturated carbocycles. The van der Waals surface area contributed by atoms with Gasteiger partial charge in [0.25, 0.3) is 0 Å². The van der Waals surface area contributed by atoms with E-state index in [1.807, 2.05) is 0 Å². The van der Waals surface area contributed by atoms with Crippen LogP contribution in [0.15, 0.2) is 18.2 Å². The Labute approximate surface area is 82.1 Å². The van der Waals surface area contributed by atoms with E-state index < -0.39 is 0 Å². The van der Waals surface area contributed by atoms with Crippen molar-refractivity contribution in [1.29, 1.82) is 0 Å². The van der Waals surface area contributed by atoms with E-state index in [2.05, 4.69) is 48.0 Å². The van der Waals surface area contributed by atoms with Crippen LogP contribution in [0, 0.1) is 6.92 Å². The maximum absolute atomic E-state index is 3.71. The van der Waals surface area contributed by atoms with E-state index in [1.165, 1.54) is 23.1 Å². The average molecular weight is 225 g/mol. The molecular formula is C11H13Br. The topological polar surface area (TPSA) is 0 Å². The van der Waals surface area contributed by atoms with Crippen LogP contribution in [-0.4, -0.2) is 0 Å². The largest absolute Gasteiger partial charge is 0.0838 e. The van der Waals surface area contributed by atoms with Crippen molar-refractivity contribution in [2.45, 2.75) is 31.0 Å². The van der Waals surface area contributed by atoms with E-state index in [0.717, 1.165) is 5.92 Å². The van der Waals surface area contributed by atoms with Crippen LogP contribution in [0.5, 0.6) is 0 Å². The third-order valence-electron chi connectivity index (χ3n) is 2.67. The van der Waals surface area contributed by atoms with Crippen LogP contribution in [0.2, 0.25) is 0 Å². The van der Waals surface area contributed by atoms with Crippen molar-refractivity contribution in [2.75, 3.05) is 0 Å². The van der Waals surface area contributed by atoms with Gasteiger partial charge in [0.05, 0.1) is 0 Å². The fraction of sp³-hybridized carbons (Fsp3) is 0.455. The van der Waals surface area contributed by atoms with Crippen molar-refractivity contribution in [3.63, 3.8) is 0 Å². The first-order chi connectivity index (χ1) is 5.68. The molecule has 1 heteroatoms. The highest BCUT2D eigenvalue weighted by Gasteiger charge is 2.25. The summed E-state index contributed by atoms with van der Waals surface area (Å²) in [4.78, 5) is 0.586. The van der Waals surface area contributed by atoms with Crippen molar-refractivity contribution in [3.8, 4) is 0 Å². The summed E-state index contributed by atoms with van der Waals surface area (Å²) in [5.41, 5.74) is 4.40. The number of hydrogen-bond donors (Lipinski definition) is 0. The summed E-state index contributed by atoms with van der Waals surface area (Å²) in [6.07, 6.45) is 1.25. The molecule has 0 amide bonds. The summed E-state index contributed by atoms with van der Waals surface area (Å²) in [5, 5.41) is 0. The SMILES string of the molecule is Cc1ccc2c(c1)C(Br)CC2C. The summed E-state index contributed by atoms with van der Waals surface area (Å²) in [7, 11) is 0. The molecular weight excluding hydrogens is 212 g/mol. The van der Waals surface area contributed by atoms with Gasteiger partial charge < -0.3 is 0 Å². The lowest BCUT2D eigenvalue weighted by Gasteiger charge is -2.04. The maximum atomic E-state index is 3.71. The predicted octanol–water partition coefficient (Wildman–Crippen LogP) is 3.94. The molecule has 1 aliphatic rings. The first-order valence-electron chi connectivity index (χ1n) is 4.43. The Morgan fingerprint density at radius 2 is 2.08 bits per heavy atom. The fourth-order valence-corrected chi connectivity index (χ4v) is 2.94. The number of rotatable bonds is 0. The molecule has 0 nitrogen and oxygen atoms in total. The van der Waals surface area contributed by atoms with Gasteiger partial charge in [-0.15, -0.1) is 0 Å². The van der Waals surface area contributed by atoms with Crippen LogP contribution in [0.3, 0.4) is 0 Å². The molecule has 0 aliphatic heterocycles. The lowest BCUT2D eigenvalue weighted by Crippen LogP contribution is -1.86. The van der Waals surface area contributed by atoms with E-state index >= 15 is 0 Å². The number of halogens is 1. The average Bonchev–Trinajstić information content (AvgIpc) is 2.28. The molecule has 2 unspecified atom stereocenters. The van der Waals surface area contributed by atoms with E-state index in [1.54, 1.807) is 0 Å². The predicted molar refractivity (Wildman–Crippen MR) is 55.9 cm³/mol. The van der Waals surface area contributed by atoms with Crippen LogP contribution < -0.4 is 0 Å². The molecule has 0 fully saturated rings. The molecule has 12 heavy (non-hydrogen) atoms. The van der Waals surface area contributed by atoms with Crippen molar-refractivity contribution >= 4 is 15.9 Å². The van der Waals surface area contributed by atoms with E-state index in [-0.39, 0.29) is 0 Å². The fourth-order valence-electron chi connectivity index (χ4n) is 1.98. The number of benzene rings is 1. The smallest absolute Gasteiger partial charge is 0.0404 e. The van der Waals surface area contributed by atoms with Gasteiger partial charge in [-0.3, -0.25) is 0 Å². The monoisotopic (exact) mass is 224 g/mol. The van der Waals surface area contributed by atoms with Gasteiger partial charge in [-0.2, -0.15) is 0 Å². The van der Waals surface area contributed by atoms with Crippen LogP contribution >= 0.6 is 15.9 Å². The third kappa shape index (κ3) is 1.20. The molecule has 1 aromatic carbocycles. The summed E-state index contributed by atoms with van der Waals surface area (Å²) in [5.74, 6) is 0.727. The second-order valence-electron chi connectivity index (χ2n) is 3.74. The Morgan fingerprint density at radius 3 is 2.83 bits per heavy atom. The van der Waals surface area contributed by atoms with Gasteiger partial charge in [0, 0.05) is 4.83 Å². The molecule has 0 aromatic heterocycles. The normalized spacial score (nSPS) is 27.2. The van der Waals surface area contributed by atoms with Gasteiger partial charge in [-0.05, 0) is 30.4 Å². The molecule has 0 spiro atoms. The number of fused-ring (bicyclic) bond motifs is 1. The maximum Gasteiger partial charge on any atom is 0.0404 e. The first kappa shape index (κ1) is 8.31. The molecule has 1 aromatic rings. The minimum Gasteiger partial charge on any atom is -0.0838 e. The van der Waals surface area contributed by atoms with Crippen molar-refractivity contribution < 1.29 is 0 Å². The summed E-state index contributed by atoms with van der Waals surface area (Å²) in [6.45, 7) is 4.46.